The van der Waals surface area contributed by atoms with E-state index in [1.165, 1.54) is 0 Å². The third-order valence-corrected chi connectivity index (χ3v) is 3.21. The fourth-order valence-corrected chi connectivity index (χ4v) is 2.73. The molecule has 0 bridgehead atoms. The summed E-state index contributed by atoms with van der Waals surface area (Å²) in [6.45, 7) is 2.21. The third-order valence-electron chi connectivity index (χ3n) is 2.47. The van der Waals surface area contributed by atoms with Gasteiger partial charge in [0.15, 0.2) is 0 Å². The first kappa shape index (κ1) is 11.6. The van der Waals surface area contributed by atoms with E-state index in [9.17, 15) is 0 Å². The van der Waals surface area contributed by atoms with Crippen molar-refractivity contribution in [3.05, 3.63) is 37.6 Å². The van der Waals surface area contributed by atoms with Crippen molar-refractivity contribution in [1.29, 1.82) is 0 Å². The lowest BCUT2D eigenvalue weighted by Crippen LogP contribution is -2.33. The van der Waals surface area contributed by atoms with Crippen molar-refractivity contribution in [3.8, 4) is 5.75 Å². The first-order chi connectivity index (χ1) is 7.54. The van der Waals surface area contributed by atoms with E-state index >= 15 is 0 Å². The summed E-state index contributed by atoms with van der Waals surface area (Å²) in [5.74, 6) is 0.695. The molecule has 4 nitrogen and oxygen atoms in total. The van der Waals surface area contributed by atoms with Crippen LogP contribution in [0.5, 0.6) is 5.75 Å². The quantitative estimate of drug-likeness (QED) is 0.461. The van der Waals surface area contributed by atoms with Crippen LogP contribution < -0.4 is 4.74 Å². The van der Waals surface area contributed by atoms with Crippen LogP contribution in [0.2, 0.25) is 5.02 Å². The Labute approximate surface area is 106 Å². The lowest BCUT2D eigenvalue weighted by atomic mass is 10.00. The topological polar surface area (TPSA) is 58.0 Å². The van der Waals surface area contributed by atoms with Crippen LogP contribution in [0, 0.1) is 0 Å². The Morgan fingerprint density at radius 1 is 1.69 bits per heavy atom. The molecule has 1 atom stereocenters. The van der Waals surface area contributed by atoms with Gasteiger partial charge in [-0.1, -0.05) is 32.6 Å². The summed E-state index contributed by atoms with van der Waals surface area (Å²) >= 11 is 9.46. The molecule has 84 valence electrons. The normalized spacial score (nSPS) is 22.2. The fourth-order valence-electron chi connectivity index (χ4n) is 1.81. The molecule has 0 radical (unpaired) electrons. The summed E-state index contributed by atoms with van der Waals surface area (Å²) in [5.41, 5.74) is 8.88. The lowest BCUT2D eigenvalue weighted by Gasteiger charge is -2.21. The number of rotatable bonds is 2. The maximum atomic E-state index is 8.33. The Balaban J connectivity index is 2.33. The molecule has 0 N–H and O–H groups in total. The molecule has 0 amide bonds. The van der Waals surface area contributed by atoms with Crippen molar-refractivity contribution in [3.63, 3.8) is 0 Å². The molecule has 2 rings (SSSR count). The number of hydrogen-bond acceptors (Lipinski definition) is 2. The average Bonchev–Trinajstić information content (AvgIpc) is 2.53. The van der Waals surface area contributed by atoms with Crippen molar-refractivity contribution in [2.75, 3.05) is 6.54 Å². The van der Waals surface area contributed by atoms with Crippen molar-refractivity contribution in [1.82, 2.24) is 0 Å². The van der Waals surface area contributed by atoms with Crippen molar-refractivity contribution >= 4 is 27.5 Å². The van der Waals surface area contributed by atoms with Gasteiger partial charge in [0.25, 0.3) is 0 Å². The molecule has 0 aromatic heterocycles. The van der Waals surface area contributed by atoms with Crippen LogP contribution >= 0.6 is 27.5 Å². The van der Waals surface area contributed by atoms with Crippen molar-refractivity contribution in [2.24, 2.45) is 5.11 Å². The number of hydrogen-bond donors (Lipinski definition) is 0. The van der Waals surface area contributed by atoms with E-state index in [1.54, 1.807) is 6.07 Å². The van der Waals surface area contributed by atoms with Crippen LogP contribution in [0.4, 0.5) is 0 Å². The zero-order valence-electron chi connectivity index (χ0n) is 8.57. The average molecular weight is 303 g/mol. The van der Waals surface area contributed by atoms with Crippen LogP contribution in [0.1, 0.15) is 12.5 Å². The van der Waals surface area contributed by atoms with Crippen LogP contribution in [0.15, 0.2) is 21.7 Å². The SMILES string of the molecule is CC1(CN=[N+]=[N-])Cc2cc(Br)cc(Cl)c2O1. The highest BCUT2D eigenvalue weighted by Gasteiger charge is 2.35. The van der Waals surface area contributed by atoms with Gasteiger partial charge >= 0.3 is 0 Å². The van der Waals surface area contributed by atoms with Crippen LogP contribution in [-0.2, 0) is 6.42 Å². The van der Waals surface area contributed by atoms with E-state index in [4.69, 9.17) is 21.9 Å². The van der Waals surface area contributed by atoms with E-state index in [2.05, 4.69) is 26.0 Å². The van der Waals surface area contributed by atoms with Gasteiger partial charge in [-0.2, -0.15) is 0 Å². The molecule has 0 saturated heterocycles. The van der Waals surface area contributed by atoms with Crippen LogP contribution in [0.3, 0.4) is 0 Å². The first-order valence-electron chi connectivity index (χ1n) is 4.72. The van der Waals surface area contributed by atoms with Crippen LogP contribution in [-0.4, -0.2) is 12.1 Å². The standard InChI is InChI=1S/C10H9BrClN3O/c1-10(5-14-15-13)4-6-2-7(11)3-8(12)9(6)16-10/h2-3H,4-5H2,1H3. The Kier molecular flexibility index (Phi) is 3.02. The molecule has 1 aliphatic rings. The molecule has 1 unspecified atom stereocenters. The number of nitrogens with zero attached hydrogens (tertiary/aromatic N) is 3. The minimum absolute atomic E-state index is 0.298. The second-order valence-corrected chi connectivity index (χ2v) is 5.32. The summed E-state index contributed by atoms with van der Waals surface area (Å²) in [6.07, 6.45) is 0.695. The van der Waals surface area contributed by atoms with E-state index < -0.39 is 5.60 Å². The summed E-state index contributed by atoms with van der Waals surface area (Å²) in [5, 5.41) is 4.14. The molecule has 0 fully saturated rings. The highest BCUT2D eigenvalue weighted by atomic mass is 79.9. The van der Waals surface area contributed by atoms with Gasteiger partial charge in [0, 0.05) is 21.4 Å². The Morgan fingerprint density at radius 3 is 3.12 bits per heavy atom. The summed E-state index contributed by atoms with van der Waals surface area (Å²) in [4.78, 5) is 2.75. The van der Waals surface area contributed by atoms with Gasteiger partial charge in [0.1, 0.15) is 11.4 Å². The molecule has 6 heteroatoms. The smallest absolute Gasteiger partial charge is 0.142 e. The van der Waals surface area contributed by atoms with E-state index in [1.807, 2.05) is 13.0 Å². The molecule has 16 heavy (non-hydrogen) atoms. The molecular weight excluding hydrogens is 293 g/mol. The molecule has 1 aromatic carbocycles. The van der Waals surface area contributed by atoms with Gasteiger partial charge in [-0.3, -0.25) is 0 Å². The molecule has 0 aliphatic carbocycles. The Hall–Kier alpha value is -0.900. The minimum Gasteiger partial charge on any atom is -0.485 e. The van der Waals surface area contributed by atoms with Crippen molar-refractivity contribution in [2.45, 2.75) is 18.9 Å². The predicted octanol–water partition coefficient (Wildman–Crippen LogP) is 4.11. The van der Waals surface area contributed by atoms with Gasteiger partial charge in [-0.05, 0) is 24.6 Å². The Bertz CT molecular complexity index is 487. The summed E-state index contributed by atoms with van der Waals surface area (Å²) in [6, 6.07) is 3.77. The van der Waals surface area contributed by atoms with Gasteiger partial charge in [0.2, 0.25) is 0 Å². The van der Waals surface area contributed by atoms with Crippen molar-refractivity contribution < 1.29 is 4.74 Å². The third kappa shape index (κ3) is 2.12. The first-order valence-corrected chi connectivity index (χ1v) is 5.89. The number of halogens is 2. The molecule has 0 saturated carbocycles. The maximum Gasteiger partial charge on any atom is 0.142 e. The monoisotopic (exact) mass is 301 g/mol. The minimum atomic E-state index is -0.487. The summed E-state index contributed by atoms with van der Waals surface area (Å²) in [7, 11) is 0. The highest BCUT2D eigenvalue weighted by molar-refractivity contribution is 9.10. The van der Waals surface area contributed by atoms with E-state index in [-0.39, 0.29) is 0 Å². The van der Waals surface area contributed by atoms with Gasteiger partial charge in [0.05, 0.1) is 11.6 Å². The van der Waals surface area contributed by atoms with Crippen LogP contribution in [0.25, 0.3) is 10.4 Å². The number of ether oxygens (including phenoxy) is 1. The zero-order valence-corrected chi connectivity index (χ0v) is 10.9. The molecule has 1 aliphatic heterocycles. The second kappa shape index (κ2) is 4.17. The number of azide groups is 1. The number of fused-ring (bicyclic) bond motifs is 1. The van der Waals surface area contributed by atoms with E-state index in [0.717, 1.165) is 10.0 Å². The predicted molar refractivity (Wildman–Crippen MR) is 65.9 cm³/mol. The van der Waals surface area contributed by atoms with E-state index in [0.29, 0.717) is 23.7 Å². The molecule has 1 aromatic rings. The summed E-state index contributed by atoms with van der Waals surface area (Å²) < 4.78 is 6.69. The van der Waals surface area contributed by atoms with Gasteiger partial charge in [-0.25, -0.2) is 0 Å². The molecule has 1 heterocycles. The Morgan fingerprint density at radius 2 is 2.44 bits per heavy atom. The molecule has 0 spiro atoms. The largest absolute Gasteiger partial charge is 0.485 e. The zero-order chi connectivity index (χ0) is 11.8. The second-order valence-electron chi connectivity index (χ2n) is 3.99. The molecular formula is C10H9BrClN3O. The van der Waals surface area contributed by atoms with Gasteiger partial charge in [-0.15, -0.1) is 0 Å². The lowest BCUT2D eigenvalue weighted by molar-refractivity contribution is 0.126. The van der Waals surface area contributed by atoms with Gasteiger partial charge < -0.3 is 4.74 Å². The highest BCUT2D eigenvalue weighted by Crippen LogP contribution is 2.42. The fraction of sp³-hybridized carbons (Fsp3) is 0.400. The maximum absolute atomic E-state index is 8.33. The number of benzene rings is 1.